The van der Waals surface area contributed by atoms with Crippen LogP contribution in [-0.4, -0.2) is 23.3 Å². The number of unbranched alkanes of at least 4 members (excludes halogenated alkanes) is 6. The van der Waals surface area contributed by atoms with Crippen LogP contribution in [0.2, 0.25) is 0 Å². The molecule has 1 aliphatic rings. The van der Waals surface area contributed by atoms with Crippen LogP contribution in [0.25, 0.3) is 0 Å². The maximum Gasteiger partial charge on any atom is 0.160 e. The molecular formula is C22H41NO. The first-order valence-corrected chi connectivity index (χ1v) is 10.5. The fraction of sp³-hybridized carbons (Fsp3) is 0.864. The zero-order valence-electron chi connectivity index (χ0n) is 17.0. The molecular weight excluding hydrogens is 294 g/mol. The van der Waals surface area contributed by atoms with Crippen LogP contribution in [-0.2, 0) is 4.79 Å². The van der Waals surface area contributed by atoms with E-state index >= 15 is 0 Å². The summed E-state index contributed by atoms with van der Waals surface area (Å²) in [6.07, 6.45) is 15.2. The number of hydrogen-bond donors (Lipinski definition) is 0. The van der Waals surface area contributed by atoms with Crippen LogP contribution < -0.4 is 0 Å². The van der Waals surface area contributed by atoms with Crippen molar-refractivity contribution in [3.63, 3.8) is 0 Å². The lowest BCUT2D eigenvalue weighted by molar-refractivity contribution is -0.117. The van der Waals surface area contributed by atoms with Crippen LogP contribution in [0.3, 0.4) is 0 Å². The third kappa shape index (κ3) is 5.93. The minimum atomic E-state index is 0.129. The van der Waals surface area contributed by atoms with Crippen molar-refractivity contribution in [2.24, 2.45) is 5.41 Å². The Balaban J connectivity index is 2.59. The lowest BCUT2D eigenvalue weighted by Gasteiger charge is -2.42. The van der Waals surface area contributed by atoms with E-state index in [0.717, 1.165) is 44.2 Å². The zero-order chi connectivity index (χ0) is 18.0. The molecule has 1 rings (SSSR count). The second kappa shape index (κ2) is 10.9. The molecule has 0 saturated heterocycles. The van der Waals surface area contributed by atoms with Crippen molar-refractivity contribution in [2.75, 3.05) is 6.54 Å². The van der Waals surface area contributed by atoms with Gasteiger partial charge in [0.1, 0.15) is 0 Å². The number of nitrogens with zero attached hydrogens (tertiary/aromatic N) is 1. The average Bonchev–Trinajstić information content (AvgIpc) is 2.60. The van der Waals surface area contributed by atoms with E-state index in [9.17, 15) is 4.79 Å². The summed E-state index contributed by atoms with van der Waals surface area (Å²) in [6.45, 7) is 12.3. The van der Waals surface area contributed by atoms with Crippen molar-refractivity contribution >= 4 is 5.78 Å². The van der Waals surface area contributed by atoms with Gasteiger partial charge in [-0.1, -0.05) is 59.3 Å². The molecule has 0 bridgehead atoms. The Morgan fingerprint density at radius 2 is 1.62 bits per heavy atom. The SMILES string of the molecule is CCCCCCCCCC(=O)C1=CN(C(C)C)CCC1(CC)CC. The molecule has 0 fully saturated rings. The second-order valence-electron chi connectivity index (χ2n) is 7.91. The van der Waals surface area contributed by atoms with E-state index in [1.807, 2.05) is 0 Å². The summed E-state index contributed by atoms with van der Waals surface area (Å²) >= 11 is 0. The molecule has 0 N–H and O–H groups in total. The van der Waals surface area contributed by atoms with Crippen LogP contribution in [0.15, 0.2) is 11.8 Å². The van der Waals surface area contributed by atoms with Gasteiger partial charge >= 0.3 is 0 Å². The van der Waals surface area contributed by atoms with E-state index in [1.165, 1.54) is 38.5 Å². The molecule has 0 radical (unpaired) electrons. The predicted octanol–water partition coefficient (Wildman–Crippen LogP) is 6.50. The van der Waals surface area contributed by atoms with Crippen molar-refractivity contribution in [3.05, 3.63) is 11.8 Å². The van der Waals surface area contributed by atoms with Crippen molar-refractivity contribution in [3.8, 4) is 0 Å². The number of hydrogen-bond acceptors (Lipinski definition) is 2. The van der Waals surface area contributed by atoms with Crippen molar-refractivity contribution < 1.29 is 4.79 Å². The van der Waals surface area contributed by atoms with Gasteiger partial charge in [0.05, 0.1) is 0 Å². The van der Waals surface area contributed by atoms with Gasteiger partial charge in [-0.2, -0.15) is 0 Å². The van der Waals surface area contributed by atoms with E-state index in [4.69, 9.17) is 0 Å². The van der Waals surface area contributed by atoms with Gasteiger partial charge in [0.15, 0.2) is 5.78 Å². The van der Waals surface area contributed by atoms with Crippen LogP contribution in [0.5, 0.6) is 0 Å². The summed E-state index contributed by atoms with van der Waals surface area (Å²) in [4.78, 5) is 15.3. The maximum atomic E-state index is 12.9. The van der Waals surface area contributed by atoms with Gasteiger partial charge in [-0.3, -0.25) is 4.79 Å². The molecule has 2 heteroatoms. The summed E-state index contributed by atoms with van der Waals surface area (Å²) in [5, 5.41) is 0. The molecule has 0 saturated carbocycles. The van der Waals surface area contributed by atoms with Gasteiger partial charge in [-0.25, -0.2) is 0 Å². The summed E-state index contributed by atoms with van der Waals surface area (Å²) in [6, 6.07) is 0.484. The van der Waals surface area contributed by atoms with Gasteiger partial charge < -0.3 is 4.90 Å². The number of allylic oxidation sites excluding steroid dienone is 1. The first kappa shape index (κ1) is 21.3. The smallest absolute Gasteiger partial charge is 0.160 e. The Bertz CT molecular complexity index is 393. The van der Waals surface area contributed by atoms with E-state index in [2.05, 4.69) is 45.7 Å². The maximum absolute atomic E-state index is 12.9. The van der Waals surface area contributed by atoms with Gasteiger partial charge in [0.2, 0.25) is 0 Å². The molecule has 0 unspecified atom stereocenters. The molecule has 0 spiro atoms. The van der Waals surface area contributed by atoms with E-state index in [1.54, 1.807) is 0 Å². The summed E-state index contributed by atoms with van der Waals surface area (Å²) in [5.41, 5.74) is 1.25. The second-order valence-corrected chi connectivity index (χ2v) is 7.91. The number of rotatable bonds is 12. The Labute approximate surface area is 151 Å². The number of carbonyl (C=O) groups excluding carboxylic acids is 1. The van der Waals surface area contributed by atoms with Gasteiger partial charge in [-0.15, -0.1) is 0 Å². The molecule has 0 aromatic heterocycles. The monoisotopic (exact) mass is 335 g/mol. The van der Waals surface area contributed by atoms with E-state index < -0.39 is 0 Å². The summed E-state index contributed by atoms with van der Waals surface area (Å²) in [7, 11) is 0. The minimum Gasteiger partial charge on any atom is -0.375 e. The van der Waals surface area contributed by atoms with Crippen molar-refractivity contribution in [2.45, 2.75) is 111 Å². The molecule has 0 atom stereocenters. The summed E-state index contributed by atoms with van der Waals surface area (Å²) < 4.78 is 0. The minimum absolute atomic E-state index is 0.129. The first-order valence-electron chi connectivity index (χ1n) is 10.5. The molecule has 140 valence electrons. The first-order chi connectivity index (χ1) is 11.5. The van der Waals surface area contributed by atoms with Crippen molar-refractivity contribution in [1.29, 1.82) is 0 Å². The van der Waals surface area contributed by atoms with Crippen LogP contribution >= 0.6 is 0 Å². The molecule has 2 nitrogen and oxygen atoms in total. The Morgan fingerprint density at radius 3 is 2.17 bits per heavy atom. The molecule has 1 heterocycles. The van der Waals surface area contributed by atoms with Crippen LogP contribution in [0.1, 0.15) is 105 Å². The number of ketones is 1. The Hall–Kier alpha value is -0.790. The van der Waals surface area contributed by atoms with Gasteiger partial charge in [0.25, 0.3) is 0 Å². The molecule has 0 amide bonds. The number of Topliss-reactive ketones (excluding diaryl/α,β-unsaturated/α-hetero) is 1. The highest BCUT2D eigenvalue weighted by Gasteiger charge is 2.37. The molecule has 0 aliphatic carbocycles. The quantitative estimate of drug-likeness (QED) is 0.379. The largest absolute Gasteiger partial charge is 0.375 e. The van der Waals surface area contributed by atoms with E-state index in [0.29, 0.717) is 11.8 Å². The standard InChI is InChI=1S/C22H41NO/c1-6-9-10-11-12-13-14-15-21(24)20-18-23(19(4)5)17-16-22(20,7-2)8-3/h18-19H,6-17H2,1-5H3. The van der Waals surface area contributed by atoms with Gasteiger partial charge in [0, 0.05) is 36.2 Å². The lowest BCUT2D eigenvalue weighted by atomic mass is 9.69. The molecule has 0 aromatic carbocycles. The van der Waals surface area contributed by atoms with Crippen LogP contribution in [0.4, 0.5) is 0 Å². The number of carbonyl (C=O) groups is 1. The van der Waals surface area contributed by atoms with E-state index in [-0.39, 0.29) is 5.41 Å². The Kier molecular flexibility index (Phi) is 9.69. The highest BCUT2D eigenvalue weighted by Crippen LogP contribution is 2.43. The molecule has 0 aromatic rings. The molecule has 24 heavy (non-hydrogen) atoms. The normalized spacial score (nSPS) is 17.2. The van der Waals surface area contributed by atoms with Crippen molar-refractivity contribution in [1.82, 2.24) is 4.90 Å². The zero-order valence-corrected chi connectivity index (χ0v) is 17.0. The highest BCUT2D eigenvalue weighted by molar-refractivity contribution is 5.96. The highest BCUT2D eigenvalue weighted by atomic mass is 16.1. The fourth-order valence-corrected chi connectivity index (χ4v) is 3.98. The topological polar surface area (TPSA) is 20.3 Å². The van der Waals surface area contributed by atoms with Gasteiger partial charge in [-0.05, 0) is 39.5 Å². The van der Waals surface area contributed by atoms with Crippen LogP contribution in [0, 0.1) is 5.41 Å². The summed E-state index contributed by atoms with van der Waals surface area (Å²) in [5.74, 6) is 0.414. The lowest BCUT2D eigenvalue weighted by Crippen LogP contribution is -2.40. The third-order valence-corrected chi connectivity index (χ3v) is 6.04. The molecule has 1 aliphatic heterocycles. The average molecular weight is 336 g/mol. The predicted molar refractivity (Wildman–Crippen MR) is 105 cm³/mol. The Morgan fingerprint density at radius 1 is 1.04 bits per heavy atom. The fourth-order valence-electron chi connectivity index (χ4n) is 3.98. The third-order valence-electron chi connectivity index (χ3n) is 6.04.